The van der Waals surface area contributed by atoms with Crippen molar-refractivity contribution in [3.05, 3.63) is 24.1 Å². The molecule has 0 amide bonds. The molecular formula is C12H16N2O2. The monoisotopic (exact) mass is 220 g/mol. The van der Waals surface area contributed by atoms with Crippen molar-refractivity contribution < 1.29 is 9.15 Å². The van der Waals surface area contributed by atoms with Crippen LogP contribution < -0.4 is 5.73 Å². The van der Waals surface area contributed by atoms with Gasteiger partial charge in [0.1, 0.15) is 5.52 Å². The van der Waals surface area contributed by atoms with Crippen molar-refractivity contribution in [1.29, 1.82) is 0 Å². The zero-order chi connectivity index (χ0) is 11.4. The third kappa shape index (κ3) is 2.52. The number of hydrogen-bond acceptors (Lipinski definition) is 4. The van der Waals surface area contributed by atoms with Gasteiger partial charge in [0.05, 0.1) is 0 Å². The molecule has 2 rings (SSSR count). The Kier molecular flexibility index (Phi) is 3.41. The second-order valence-electron chi connectivity index (χ2n) is 3.64. The minimum Gasteiger partial charge on any atom is -0.441 e. The third-order valence-corrected chi connectivity index (χ3v) is 2.34. The topological polar surface area (TPSA) is 61.3 Å². The lowest BCUT2D eigenvalue weighted by Crippen LogP contribution is -1.95. The van der Waals surface area contributed by atoms with Crippen molar-refractivity contribution in [3.63, 3.8) is 0 Å². The molecule has 0 saturated heterocycles. The molecule has 0 unspecified atom stereocenters. The van der Waals surface area contributed by atoms with E-state index in [1.165, 1.54) is 0 Å². The second kappa shape index (κ2) is 4.99. The van der Waals surface area contributed by atoms with Gasteiger partial charge < -0.3 is 14.9 Å². The molecule has 0 atom stereocenters. The average Bonchev–Trinajstić information content (AvgIpc) is 2.66. The normalized spacial score (nSPS) is 11.1. The van der Waals surface area contributed by atoms with Crippen molar-refractivity contribution in [1.82, 2.24) is 4.98 Å². The lowest BCUT2D eigenvalue weighted by Gasteiger charge is -1.97. The molecule has 0 bridgehead atoms. The largest absolute Gasteiger partial charge is 0.441 e. The molecule has 0 fully saturated rings. The number of oxazole rings is 1. The first-order chi connectivity index (χ1) is 7.79. The average molecular weight is 220 g/mol. The molecule has 0 aliphatic carbocycles. The van der Waals surface area contributed by atoms with Crippen LogP contribution in [0, 0.1) is 0 Å². The van der Waals surface area contributed by atoms with Crippen LogP contribution >= 0.6 is 0 Å². The number of aromatic nitrogens is 1. The van der Waals surface area contributed by atoms with E-state index in [0.29, 0.717) is 5.69 Å². The summed E-state index contributed by atoms with van der Waals surface area (Å²) in [4.78, 5) is 4.37. The molecule has 0 radical (unpaired) electrons. The van der Waals surface area contributed by atoms with E-state index in [4.69, 9.17) is 14.9 Å². The second-order valence-corrected chi connectivity index (χ2v) is 3.64. The van der Waals surface area contributed by atoms with Gasteiger partial charge in [-0.2, -0.15) is 0 Å². The van der Waals surface area contributed by atoms with Gasteiger partial charge >= 0.3 is 0 Å². The zero-order valence-corrected chi connectivity index (χ0v) is 9.40. The van der Waals surface area contributed by atoms with Crippen LogP contribution in [0.1, 0.15) is 19.2 Å². The minimum atomic E-state index is 0.710. The number of nitrogen functional groups attached to an aromatic ring is 1. The molecule has 2 N–H and O–H groups in total. The van der Waals surface area contributed by atoms with Gasteiger partial charge in [0, 0.05) is 25.3 Å². The van der Waals surface area contributed by atoms with Crippen LogP contribution in [0.4, 0.5) is 5.69 Å². The number of nitrogens with two attached hydrogens (primary N) is 1. The summed E-state index contributed by atoms with van der Waals surface area (Å²) in [5.74, 6) is 0.750. The number of benzene rings is 1. The van der Waals surface area contributed by atoms with Gasteiger partial charge in [0.25, 0.3) is 0 Å². The van der Waals surface area contributed by atoms with Crippen molar-refractivity contribution in [2.75, 3.05) is 18.9 Å². The van der Waals surface area contributed by atoms with E-state index in [1.54, 1.807) is 0 Å². The summed E-state index contributed by atoms with van der Waals surface area (Å²) in [6.07, 6.45) is 1.73. The predicted octanol–water partition coefficient (Wildman–Crippen LogP) is 2.38. The molecule has 1 heterocycles. The quantitative estimate of drug-likeness (QED) is 0.620. The van der Waals surface area contributed by atoms with Crippen LogP contribution in [-0.4, -0.2) is 18.2 Å². The fraction of sp³-hybridized carbons (Fsp3) is 0.417. The number of hydrogen-bond donors (Lipinski definition) is 1. The van der Waals surface area contributed by atoms with Crippen LogP contribution in [-0.2, 0) is 11.2 Å². The summed E-state index contributed by atoms with van der Waals surface area (Å²) < 4.78 is 10.8. The molecule has 0 aliphatic rings. The van der Waals surface area contributed by atoms with E-state index in [9.17, 15) is 0 Å². The highest BCUT2D eigenvalue weighted by molar-refractivity contribution is 5.76. The fourth-order valence-electron chi connectivity index (χ4n) is 1.57. The molecule has 4 heteroatoms. The number of fused-ring (bicyclic) bond motifs is 1. The molecule has 0 saturated carbocycles. The van der Waals surface area contributed by atoms with E-state index in [2.05, 4.69) is 4.98 Å². The van der Waals surface area contributed by atoms with Crippen molar-refractivity contribution in [2.24, 2.45) is 0 Å². The summed E-state index contributed by atoms with van der Waals surface area (Å²) in [6, 6.07) is 5.49. The molecular weight excluding hydrogens is 204 g/mol. The van der Waals surface area contributed by atoms with E-state index >= 15 is 0 Å². The SMILES string of the molecule is CCOCCCc1nc2cc(N)ccc2o1. The Morgan fingerprint density at radius 1 is 1.44 bits per heavy atom. The smallest absolute Gasteiger partial charge is 0.195 e. The molecule has 4 nitrogen and oxygen atoms in total. The predicted molar refractivity (Wildman–Crippen MR) is 63.2 cm³/mol. The highest BCUT2D eigenvalue weighted by atomic mass is 16.5. The van der Waals surface area contributed by atoms with E-state index in [-0.39, 0.29) is 0 Å². The Morgan fingerprint density at radius 3 is 3.12 bits per heavy atom. The van der Waals surface area contributed by atoms with E-state index in [1.807, 2.05) is 25.1 Å². The Balaban J connectivity index is 2.02. The summed E-state index contributed by atoms with van der Waals surface area (Å²) in [6.45, 7) is 3.49. The number of nitrogens with zero attached hydrogens (tertiary/aromatic N) is 1. The van der Waals surface area contributed by atoms with Crippen LogP contribution in [0.3, 0.4) is 0 Å². The van der Waals surface area contributed by atoms with Crippen molar-refractivity contribution >= 4 is 16.8 Å². The summed E-state index contributed by atoms with van der Waals surface area (Å²) in [7, 11) is 0. The maximum absolute atomic E-state index is 5.67. The van der Waals surface area contributed by atoms with Gasteiger partial charge in [0.2, 0.25) is 0 Å². The van der Waals surface area contributed by atoms with Gasteiger partial charge in [-0.05, 0) is 31.5 Å². The number of rotatable bonds is 5. The Morgan fingerprint density at radius 2 is 2.31 bits per heavy atom. The summed E-state index contributed by atoms with van der Waals surface area (Å²) >= 11 is 0. The van der Waals surface area contributed by atoms with Gasteiger partial charge in [-0.3, -0.25) is 0 Å². The number of ether oxygens (including phenoxy) is 1. The lowest BCUT2D eigenvalue weighted by molar-refractivity contribution is 0.144. The van der Waals surface area contributed by atoms with Gasteiger partial charge in [-0.25, -0.2) is 4.98 Å². The minimum absolute atomic E-state index is 0.710. The van der Waals surface area contributed by atoms with E-state index in [0.717, 1.165) is 43.0 Å². The Hall–Kier alpha value is -1.55. The molecule has 1 aromatic carbocycles. The Bertz CT molecular complexity index is 465. The molecule has 0 spiro atoms. The highest BCUT2D eigenvalue weighted by Crippen LogP contribution is 2.18. The molecule has 1 aromatic heterocycles. The van der Waals surface area contributed by atoms with E-state index < -0.39 is 0 Å². The van der Waals surface area contributed by atoms with Crippen LogP contribution in [0.25, 0.3) is 11.1 Å². The van der Waals surface area contributed by atoms with Crippen LogP contribution in [0.15, 0.2) is 22.6 Å². The number of anilines is 1. The zero-order valence-electron chi connectivity index (χ0n) is 9.40. The van der Waals surface area contributed by atoms with Crippen molar-refractivity contribution in [3.8, 4) is 0 Å². The molecule has 86 valence electrons. The van der Waals surface area contributed by atoms with Gasteiger partial charge in [-0.1, -0.05) is 0 Å². The molecule has 16 heavy (non-hydrogen) atoms. The lowest BCUT2D eigenvalue weighted by atomic mass is 10.3. The first-order valence-corrected chi connectivity index (χ1v) is 5.52. The van der Waals surface area contributed by atoms with Crippen LogP contribution in [0.2, 0.25) is 0 Å². The fourth-order valence-corrected chi connectivity index (χ4v) is 1.57. The Labute approximate surface area is 94.4 Å². The summed E-state index contributed by atoms with van der Waals surface area (Å²) in [5, 5.41) is 0. The van der Waals surface area contributed by atoms with Crippen molar-refractivity contribution in [2.45, 2.75) is 19.8 Å². The highest BCUT2D eigenvalue weighted by Gasteiger charge is 2.05. The molecule has 2 aromatic rings. The van der Waals surface area contributed by atoms with Gasteiger partial charge in [0.15, 0.2) is 11.5 Å². The first kappa shape index (κ1) is 11.0. The van der Waals surface area contributed by atoms with Gasteiger partial charge in [-0.15, -0.1) is 0 Å². The molecule has 0 aliphatic heterocycles. The standard InChI is InChI=1S/C12H16N2O2/c1-2-15-7-3-4-12-14-10-8-9(13)5-6-11(10)16-12/h5-6,8H,2-4,7,13H2,1H3. The maximum Gasteiger partial charge on any atom is 0.195 e. The maximum atomic E-state index is 5.67. The summed E-state index contributed by atoms with van der Waals surface area (Å²) in [5.41, 5.74) is 8.00. The number of aryl methyl sites for hydroxylation is 1. The third-order valence-electron chi connectivity index (χ3n) is 2.34. The van der Waals surface area contributed by atoms with Crippen LogP contribution in [0.5, 0.6) is 0 Å². The first-order valence-electron chi connectivity index (χ1n) is 5.52.